The van der Waals surface area contributed by atoms with E-state index < -0.39 is 11.4 Å². The van der Waals surface area contributed by atoms with Crippen LogP contribution in [-0.4, -0.2) is 21.0 Å². The van der Waals surface area contributed by atoms with Gasteiger partial charge in [-0.1, -0.05) is 0 Å². The van der Waals surface area contributed by atoms with Crippen LogP contribution in [0.25, 0.3) is 0 Å². The van der Waals surface area contributed by atoms with Gasteiger partial charge in [0, 0.05) is 18.8 Å². The molecule has 0 aromatic carbocycles. The third kappa shape index (κ3) is 2.77. The lowest BCUT2D eigenvalue weighted by Crippen LogP contribution is -2.27. The summed E-state index contributed by atoms with van der Waals surface area (Å²) < 4.78 is 0.786. The van der Waals surface area contributed by atoms with E-state index in [1.807, 2.05) is 0 Å². The Morgan fingerprint density at radius 3 is 2.43 bits per heavy atom. The first kappa shape index (κ1) is 11.1. The molecule has 0 unspecified atom stereocenters. The summed E-state index contributed by atoms with van der Waals surface area (Å²) in [5.74, 6) is -0.301. The minimum absolute atomic E-state index is 0.329. The van der Waals surface area contributed by atoms with Gasteiger partial charge in [0.1, 0.15) is 5.82 Å². The largest absolute Gasteiger partial charge is 0.481 e. The van der Waals surface area contributed by atoms with Gasteiger partial charge < -0.3 is 5.11 Å². The van der Waals surface area contributed by atoms with Crippen LogP contribution >= 0.6 is 15.9 Å². The molecule has 0 spiro atoms. The molecule has 1 rings (SSSR count). The highest BCUT2D eigenvalue weighted by atomic mass is 79.9. The normalized spacial score (nSPS) is 11.4. The molecule has 1 aromatic rings. The van der Waals surface area contributed by atoms with Crippen LogP contribution in [0, 0.1) is 5.41 Å². The number of aromatic nitrogens is 2. The van der Waals surface area contributed by atoms with Crippen LogP contribution in [0.1, 0.15) is 19.7 Å². The molecule has 0 aliphatic rings. The summed E-state index contributed by atoms with van der Waals surface area (Å²) in [4.78, 5) is 18.9. The first-order chi connectivity index (χ1) is 6.42. The quantitative estimate of drug-likeness (QED) is 0.900. The van der Waals surface area contributed by atoms with Crippen LogP contribution in [0.4, 0.5) is 0 Å². The topological polar surface area (TPSA) is 63.1 Å². The Labute approximate surface area is 90.5 Å². The fourth-order valence-electron chi connectivity index (χ4n) is 0.901. The fraction of sp³-hybridized carbons (Fsp3) is 0.444. The molecule has 0 fully saturated rings. The van der Waals surface area contributed by atoms with Gasteiger partial charge in [0.2, 0.25) is 0 Å². The second-order valence-corrected chi connectivity index (χ2v) is 4.60. The Hall–Kier alpha value is -0.970. The van der Waals surface area contributed by atoms with Gasteiger partial charge in [-0.25, -0.2) is 9.97 Å². The Bertz CT molecular complexity index is 335. The van der Waals surface area contributed by atoms with Crippen molar-refractivity contribution in [3.8, 4) is 0 Å². The maximum absolute atomic E-state index is 10.8. The van der Waals surface area contributed by atoms with E-state index in [2.05, 4.69) is 25.9 Å². The number of carboxylic acids is 1. The number of halogens is 1. The van der Waals surface area contributed by atoms with Gasteiger partial charge in [-0.15, -0.1) is 0 Å². The molecule has 5 heteroatoms. The Kier molecular flexibility index (Phi) is 3.21. The number of hydrogen-bond acceptors (Lipinski definition) is 3. The second-order valence-electron chi connectivity index (χ2n) is 3.68. The maximum atomic E-state index is 10.8. The summed E-state index contributed by atoms with van der Waals surface area (Å²) in [7, 11) is 0. The van der Waals surface area contributed by atoms with E-state index in [4.69, 9.17) is 5.11 Å². The van der Waals surface area contributed by atoms with Crippen molar-refractivity contribution in [3.05, 3.63) is 22.7 Å². The average molecular weight is 259 g/mol. The lowest BCUT2D eigenvalue weighted by molar-refractivity contribution is -0.146. The molecule has 4 nitrogen and oxygen atoms in total. The number of carbonyl (C=O) groups is 1. The highest BCUT2D eigenvalue weighted by Crippen LogP contribution is 2.20. The monoisotopic (exact) mass is 258 g/mol. The minimum Gasteiger partial charge on any atom is -0.481 e. The van der Waals surface area contributed by atoms with Crippen molar-refractivity contribution >= 4 is 21.9 Å². The summed E-state index contributed by atoms with van der Waals surface area (Å²) in [6, 6.07) is 0. The van der Waals surface area contributed by atoms with Gasteiger partial charge in [-0.2, -0.15) is 0 Å². The molecule has 14 heavy (non-hydrogen) atoms. The predicted octanol–water partition coefficient (Wildman–Crippen LogP) is 1.89. The molecule has 1 aromatic heterocycles. The van der Waals surface area contributed by atoms with Gasteiger partial charge in [0.25, 0.3) is 0 Å². The van der Waals surface area contributed by atoms with Crippen molar-refractivity contribution in [2.45, 2.75) is 20.3 Å². The molecular weight excluding hydrogens is 248 g/mol. The third-order valence-corrected chi connectivity index (χ3v) is 2.26. The van der Waals surface area contributed by atoms with Crippen LogP contribution in [-0.2, 0) is 11.2 Å². The maximum Gasteiger partial charge on any atom is 0.309 e. The number of nitrogens with zero attached hydrogens (tertiary/aromatic N) is 2. The van der Waals surface area contributed by atoms with Crippen molar-refractivity contribution in [2.75, 3.05) is 0 Å². The van der Waals surface area contributed by atoms with E-state index in [9.17, 15) is 4.79 Å². The standard InChI is InChI=1S/C9H11BrN2O2/c1-9(2,8(13)14)3-7-11-4-6(10)5-12-7/h4-5H,3H2,1-2H3,(H,13,14). The Morgan fingerprint density at radius 2 is 2.00 bits per heavy atom. The molecule has 76 valence electrons. The molecule has 0 aliphatic carbocycles. The summed E-state index contributed by atoms with van der Waals surface area (Å²) >= 11 is 3.21. The first-order valence-corrected chi connectivity index (χ1v) is 4.91. The van der Waals surface area contributed by atoms with Crippen molar-refractivity contribution in [2.24, 2.45) is 5.41 Å². The molecular formula is C9H11BrN2O2. The predicted molar refractivity (Wildman–Crippen MR) is 54.9 cm³/mol. The minimum atomic E-state index is -0.844. The van der Waals surface area contributed by atoms with E-state index in [0.29, 0.717) is 12.2 Å². The van der Waals surface area contributed by atoms with Gasteiger partial charge in [-0.05, 0) is 29.8 Å². The van der Waals surface area contributed by atoms with Crippen molar-refractivity contribution in [3.63, 3.8) is 0 Å². The zero-order valence-corrected chi connectivity index (χ0v) is 9.58. The molecule has 0 bridgehead atoms. The summed E-state index contributed by atoms with van der Waals surface area (Å²) in [5.41, 5.74) is -0.826. The van der Waals surface area contributed by atoms with Crippen LogP contribution in [0.3, 0.4) is 0 Å². The summed E-state index contributed by atoms with van der Waals surface area (Å²) in [6.07, 6.45) is 3.55. The average Bonchev–Trinajstić information content (AvgIpc) is 2.08. The zero-order valence-electron chi connectivity index (χ0n) is 7.99. The van der Waals surface area contributed by atoms with Crippen LogP contribution in [0.15, 0.2) is 16.9 Å². The highest BCUT2D eigenvalue weighted by molar-refractivity contribution is 9.10. The van der Waals surface area contributed by atoms with Gasteiger partial charge in [-0.3, -0.25) is 4.79 Å². The lowest BCUT2D eigenvalue weighted by Gasteiger charge is -2.17. The van der Waals surface area contributed by atoms with E-state index in [0.717, 1.165) is 4.47 Å². The molecule has 0 radical (unpaired) electrons. The van der Waals surface area contributed by atoms with Gasteiger partial charge in [0.15, 0.2) is 0 Å². The van der Waals surface area contributed by atoms with Gasteiger partial charge >= 0.3 is 5.97 Å². The van der Waals surface area contributed by atoms with Crippen LogP contribution in [0.5, 0.6) is 0 Å². The van der Waals surface area contributed by atoms with E-state index in [1.54, 1.807) is 26.2 Å². The first-order valence-electron chi connectivity index (χ1n) is 4.11. The summed E-state index contributed by atoms with van der Waals surface area (Å²) in [5, 5.41) is 8.89. The smallest absolute Gasteiger partial charge is 0.309 e. The van der Waals surface area contributed by atoms with Gasteiger partial charge in [0.05, 0.1) is 9.89 Å². The van der Waals surface area contributed by atoms with Crippen molar-refractivity contribution in [1.29, 1.82) is 0 Å². The number of hydrogen-bond donors (Lipinski definition) is 1. The SMILES string of the molecule is CC(C)(Cc1ncc(Br)cn1)C(=O)O. The third-order valence-electron chi connectivity index (χ3n) is 1.85. The van der Waals surface area contributed by atoms with E-state index in [1.165, 1.54) is 0 Å². The van der Waals surface area contributed by atoms with Crippen molar-refractivity contribution < 1.29 is 9.90 Å². The van der Waals surface area contributed by atoms with E-state index >= 15 is 0 Å². The molecule has 0 saturated carbocycles. The Balaban J connectivity index is 2.79. The van der Waals surface area contributed by atoms with Crippen molar-refractivity contribution in [1.82, 2.24) is 9.97 Å². The lowest BCUT2D eigenvalue weighted by atomic mass is 9.89. The van der Waals surface area contributed by atoms with Crippen LogP contribution < -0.4 is 0 Å². The fourth-order valence-corrected chi connectivity index (χ4v) is 1.11. The number of carboxylic acid groups (broad SMARTS) is 1. The van der Waals surface area contributed by atoms with Crippen LogP contribution in [0.2, 0.25) is 0 Å². The Morgan fingerprint density at radius 1 is 1.50 bits per heavy atom. The summed E-state index contributed by atoms with van der Waals surface area (Å²) in [6.45, 7) is 3.31. The molecule has 0 atom stereocenters. The van der Waals surface area contributed by atoms with E-state index in [-0.39, 0.29) is 0 Å². The molecule has 0 saturated heterocycles. The highest BCUT2D eigenvalue weighted by Gasteiger charge is 2.28. The molecule has 0 aliphatic heterocycles. The second kappa shape index (κ2) is 4.04. The molecule has 0 amide bonds. The zero-order chi connectivity index (χ0) is 10.8. The number of aliphatic carboxylic acids is 1. The molecule has 1 heterocycles. The molecule has 1 N–H and O–H groups in total. The number of rotatable bonds is 3.